The molecular weight excluding hydrogens is 216 g/mol. The Morgan fingerprint density at radius 3 is 2.50 bits per heavy atom. The molecule has 3 heteroatoms. The van der Waals surface area contributed by atoms with Crippen molar-refractivity contribution in [2.45, 2.75) is 26.7 Å². The molecule has 0 fully saturated rings. The summed E-state index contributed by atoms with van der Waals surface area (Å²) in [6, 6.07) is 8.02. The van der Waals surface area contributed by atoms with Gasteiger partial charge < -0.3 is 5.73 Å². The predicted molar refractivity (Wildman–Crippen MR) is 69.9 cm³/mol. The van der Waals surface area contributed by atoms with Crippen LogP contribution in [0.25, 0.3) is 0 Å². The summed E-state index contributed by atoms with van der Waals surface area (Å²) in [5.41, 5.74) is 8.97. The Kier molecular flexibility index (Phi) is 3.25. The molecule has 2 nitrogen and oxygen atoms in total. The van der Waals surface area contributed by atoms with Crippen LogP contribution < -0.4 is 5.73 Å². The van der Waals surface area contributed by atoms with Crippen LogP contribution in [0, 0.1) is 6.92 Å². The Morgan fingerprint density at radius 1 is 1.25 bits per heavy atom. The van der Waals surface area contributed by atoms with E-state index in [1.54, 1.807) is 11.3 Å². The maximum atomic E-state index is 5.66. The third-order valence-corrected chi connectivity index (χ3v) is 3.62. The number of nitrogens with zero attached hydrogens (tertiary/aromatic N) is 1. The second-order valence-corrected chi connectivity index (χ2v) is 5.17. The van der Waals surface area contributed by atoms with Crippen molar-refractivity contribution in [3.8, 4) is 0 Å². The van der Waals surface area contributed by atoms with Gasteiger partial charge in [0, 0.05) is 17.0 Å². The number of hydrogen-bond donors (Lipinski definition) is 1. The van der Waals surface area contributed by atoms with Gasteiger partial charge in [0.2, 0.25) is 0 Å². The number of thiazole rings is 1. The maximum Gasteiger partial charge on any atom is 0.0974 e. The lowest BCUT2D eigenvalue weighted by atomic mass is 10.1. The largest absolute Gasteiger partial charge is 0.399 e. The number of hydrogen-bond acceptors (Lipinski definition) is 3. The zero-order chi connectivity index (χ0) is 11.5. The smallest absolute Gasteiger partial charge is 0.0974 e. The molecule has 2 aromatic rings. The van der Waals surface area contributed by atoms with Gasteiger partial charge in [-0.05, 0) is 31.0 Å². The lowest BCUT2D eigenvalue weighted by molar-refractivity contribution is 1.01. The van der Waals surface area contributed by atoms with Crippen LogP contribution in [0.4, 0.5) is 5.69 Å². The van der Waals surface area contributed by atoms with Gasteiger partial charge in [-0.1, -0.05) is 19.1 Å². The van der Waals surface area contributed by atoms with Gasteiger partial charge >= 0.3 is 0 Å². The first-order chi connectivity index (χ1) is 7.69. The molecule has 0 spiro atoms. The molecule has 16 heavy (non-hydrogen) atoms. The first-order valence-electron chi connectivity index (χ1n) is 5.48. The summed E-state index contributed by atoms with van der Waals surface area (Å²) >= 11 is 1.80. The van der Waals surface area contributed by atoms with E-state index in [-0.39, 0.29) is 0 Å². The van der Waals surface area contributed by atoms with Crippen LogP contribution in [-0.4, -0.2) is 4.98 Å². The minimum absolute atomic E-state index is 0.813. The van der Waals surface area contributed by atoms with Crippen LogP contribution in [0.1, 0.15) is 28.1 Å². The lowest BCUT2D eigenvalue weighted by Crippen LogP contribution is -1.90. The minimum atomic E-state index is 0.813. The highest BCUT2D eigenvalue weighted by atomic mass is 32.1. The van der Waals surface area contributed by atoms with Crippen LogP contribution in [0.2, 0.25) is 0 Å². The molecule has 0 aliphatic heterocycles. The van der Waals surface area contributed by atoms with Crippen LogP contribution in [0.15, 0.2) is 24.3 Å². The average Bonchev–Trinajstić information content (AvgIpc) is 2.62. The Morgan fingerprint density at radius 2 is 1.94 bits per heavy atom. The fourth-order valence-corrected chi connectivity index (χ4v) is 2.76. The summed E-state index contributed by atoms with van der Waals surface area (Å²) in [5, 5.41) is 1.19. The summed E-state index contributed by atoms with van der Waals surface area (Å²) in [6.07, 6.45) is 1.93. The Labute approximate surface area is 100 Å². The van der Waals surface area contributed by atoms with E-state index in [2.05, 4.69) is 31.0 Å². The van der Waals surface area contributed by atoms with Crippen molar-refractivity contribution >= 4 is 17.0 Å². The fraction of sp³-hybridized carbons (Fsp3) is 0.308. The number of aromatic nitrogens is 1. The van der Waals surface area contributed by atoms with E-state index in [0.717, 1.165) is 18.5 Å². The van der Waals surface area contributed by atoms with Crippen molar-refractivity contribution in [3.05, 3.63) is 45.4 Å². The highest BCUT2D eigenvalue weighted by Crippen LogP contribution is 2.21. The molecule has 0 amide bonds. The molecule has 0 unspecified atom stereocenters. The molecule has 1 aromatic carbocycles. The predicted octanol–water partition coefficient (Wildman–Crippen LogP) is 3.19. The minimum Gasteiger partial charge on any atom is -0.399 e. The summed E-state index contributed by atoms with van der Waals surface area (Å²) in [5.74, 6) is 0. The Bertz CT molecular complexity index is 471. The van der Waals surface area contributed by atoms with Gasteiger partial charge in [0.15, 0.2) is 0 Å². The summed E-state index contributed by atoms with van der Waals surface area (Å²) < 4.78 is 0. The number of nitrogens with two attached hydrogens (primary N) is 1. The molecule has 2 N–H and O–H groups in total. The van der Waals surface area contributed by atoms with Crippen molar-refractivity contribution in [2.75, 3.05) is 5.73 Å². The molecule has 0 aliphatic rings. The van der Waals surface area contributed by atoms with Crippen molar-refractivity contribution in [2.24, 2.45) is 0 Å². The molecule has 0 saturated heterocycles. The van der Waals surface area contributed by atoms with E-state index in [0.29, 0.717) is 0 Å². The average molecular weight is 232 g/mol. The van der Waals surface area contributed by atoms with Crippen molar-refractivity contribution in [3.63, 3.8) is 0 Å². The zero-order valence-corrected chi connectivity index (χ0v) is 10.5. The number of nitrogen functional groups attached to an aromatic ring is 1. The highest BCUT2D eigenvalue weighted by Gasteiger charge is 2.06. The van der Waals surface area contributed by atoms with E-state index in [4.69, 9.17) is 5.73 Å². The maximum absolute atomic E-state index is 5.66. The molecular formula is C13H16N2S. The lowest BCUT2D eigenvalue weighted by Gasteiger charge is -1.98. The van der Waals surface area contributed by atoms with E-state index in [1.807, 2.05) is 12.1 Å². The molecule has 0 bridgehead atoms. The molecule has 0 radical (unpaired) electrons. The molecule has 0 aliphatic carbocycles. The number of rotatable bonds is 3. The Balaban J connectivity index is 2.17. The quantitative estimate of drug-likeness (QED) is 0.825. The number of aryl methyl sites for hydroxylation is 2. The van der Waals surface area contributed by atoms with Gasteiger partial charge in [0.25, 0.3) is 0 Å². The fourth-order valence-electron chi connectivity index (χ4n) is 1.70. The zero-order valence-electron chi connectivity index (χ0n) is 9.66. The van der Waals surface area contributed by atoms with Gasteiger partial charge in [0.05, 0.1) is 10.7 Å². The van der Waals surface area contributed by atoms with E-state index >= 15 is 0 Å². The SMILES string of the molecule is CCc1nc(Cc2ccc(N)cc2)sc1C. The summed E-state index contributed by atoms with van der Waals surface area (Å²) in [7, 11) is 0. The van der Waals surface area contributed by atoms with Crippen LogP contribution in [0.3, 0.4) is 0 Å². The topological polar surface area (TPSA) is 38.9 Å². The first-order valence-corrected chi connectivity index (χ1v) is 6.30. The normalized spacial score (nSPS) is 10.6. The summed E-state index contributed by atoms with van der Waals surface area (Å²) in [6.45, 7) is 4.29. The standard InChI is InChI=1S/C13H16N2S/c1-3-12-9(2)16-13(15-12)8-10-4-6-11(14)7-5-10/h4-7H,3,8,14H2,1-2H3. The second-order valence-electron chi connectivity index (χ2n) is 3.88. The Hall–Kier alpha value is -1.35. The number of anilines is 1. The molecule has 0 atom stereocenters. The third kappa shape index (κ3) is 2.42. The molecule has 1 heterocycles. The van der Waals surface area contributed by atoms with Gasteiger partial charge in [0.1, 0.15) is 0 Å². The van der Waals surface area contributed by atoms with Gasteiger partial charge in [-0.3, -0.25) is 0 Å². The van der Waals surface area contributed by atoms with Crippen molar-refractivity contribution < 1.29 is 0 Å². The van der Waals surface area contributed by atoms with Gasteiger partial charge in [-0.25, -0.2) is 4.98 Å². The van der Waals surface area contributed by atoms with Gasteiger partial charge in [-0.2, -0.15) is 0 Å². The monoisotopic (exact) mass is 232 g/mol. The van der Waals surface area contributed by atoms with Crippen LogP contribution >= 0.6 is 11.3 Å². The van der Waals surface area contributed by atoms with Crippen molar-refractivity contribution in [1.82, 2.24) is 4.98 Å². The van der Waals surface area contributed by atoms with Crippen LogP contribution in [0.5, 0.6) is 0 Å². The number of benzene rings is 1. The summed E-state index contributed by atoms with van der Waals surface area (Å²) in [4.78, 5) is 5.97. The van der Waals surface area contributed by atoms with Crippen molar-refractivity contribution in [1.29, 1.82) is 0 Å². The van der Waals surface area contributed by atoms with Crippen LogP contribution in [-0.2, 0) is 12.8 Å². The molecule has 1 aromatic heterocycles. The van der Waals surface area contributed by atoms with E-state index in [1.165, 1.54) is 21.1 Å². The molecule has 84 valence electrons. The highest BCUT2D eigenvalue weighted by molar-refractivity contribution is 7.11. The molecule has 2 rings (SSSR count). The van der Waals surface area contributed by atoms with E-state index < -0.39 is 0 Å². The van der Waals surface area contributed by atoms with E-state index in [9.17, 15) is 0 Å². The second kappa shape index (κ2) is 4.66. The third-order valence-electron chi connectivity index (χ3n) is 2.61. The van der Waals surface area contributed by atoms with Gasteiger partial charge in [-0.15, -0.1) is 11.3 Å². The molecule has 0 saturated carbocycles. The first kappa shape index (κ1) is 11.1.